The average molecular weight is 194 g/mol. The van der Waals surface area contributed by atoms with Crippen molar-refractivity contribution in [3.63, 3.8) is 0 Å². The first-order valence-electron chi connectivity index (χ1n) is 4.31. The van der Waals surface area contributed by atoms with Gasteiger partial charge in [0.25, 0.3) is 0 Å². The van der Waals surface area contributed by atoms with E-state index < -0.39 is 6.09 Å². The van der Waals surface area contributed by atoms with Gasteiger partial charge in [0, 0.05) is 12.2 Å². The summed E-state index contributed by atoms with van der Waals surface area (Å²) in [5.74, 6) is 0.697. The van der Waals surface area contributed by atoms with Crippen LogP contribution in [0.25, 0.3) is 0 Å². The molecule has 0 aromatic heterocycles. The Bertz CT molecular complexity index is 308. The van der Waals surface area contributed by atoms with Crippen molar-refractivity contribution < 1.29 is 14.6 Å². The van der Waals surface area contributed by atoms with Crippen LogP contribution >= 0.6 is 0 Å². The van der Waals surface area contributed by atoms with E-state index in [0.717, 1.165) is 4.90 Å². The van der Waals surface area contributed by atoms with E-state index in [1.165, 1.54) is 0 Å². The second-order valence-corrected chi connectivity index (χ2v) is 2.71. The van der Waals surface area contributed by atoms with E-state index in [1.807, 2.05) is 0 Å². The van der Waals surface area contributed by atoms with E-state index in [4.69, 9.17) is 4.74 Å². The van der Waals surface area contributed by atoms with Gasteiger partial charge >= 0.3 is 0 Å². The lowest BCUT2D eigenvalue weighted by atomic mass is 10.3. The molecule has 14 heavy (non-hydrogen) atoms. The molecule has 0 saturated carbocycles. The quantitative estimate of drug-likeness (QED) is 0.717. The number of hydrogen-bond acceptors (Lipinski definition) is 3. The van der Waals surface area contributed by atoms with Crippen molar-refractivity contribution in [3.8, 4) is 5.75 Å². The summed E-state index contributed by atoms with van der Waals surface area (Å²) >= 11 is 0. The Labute approximate surface area is 82.7 Å². The van der Waals surface area contributed by atoms with Gasteiger partial charge in [-0.05, 0) is 31.2 Å². The Morgan fingerprint density at radius 3 is 2.36 bits per heavy atom. The molecule has 1 amide bonds. The van der Waals surface area contributed by atoms with Gasteiger partial charge < -0.3 is 19.5 Å². The molecule has 1 aromatic carbocycles. The minimum Gasteiger partial charge on any atom is -0.530 e. The highest BCUT2D eigenvalue weighted by Gasteiger charge is 2.04. The zero-order chi connectivity index (χ0) is 10.6. The topological polar surface area (TPSA) is 52.6 Å². The third-order valence-corrected chi connectivity index (χ3v) is 1.92. The Kier molecular flexibility index (Phi) is 3.34. The minimum atomic E-state index is -1.20. The first kappa shape index (κ1) is 10.4. The van der Waals surface area contributed by atoms with Crippen LogP contribution in [0.4, 0.5) is 10.5 Å². The molecule has 0 bridgehead atoms. The van der Waals surface area contributed by atoms with E-state index in [0.29, 0.717) is 18.0 Å². The van der Waals surface area contributed by atoms with Crippen LogP contribution in [0.2, 0.25) is 0 Å². The second kappa shape index (κ2) is 4.50. The normalized spacial score (nSPS) is 9.57. The maximum absolute atomic E-state index is 10.7. The predicted octanol–water partition coefficient (Wildman–Crippen LogP) is 0.865. The van der Waals surface area contributed by atoms with Crippen molar-refractivity contribution in [2.45, 2.75) is 6.92 Å². The average Bonchev–Trinajstić information content (AvgIpc) is 2.19. The van der Waals surface area contributed by atoms with E-state index in [-0.39, 0.29) is 0 Å². The molecule has 1 aromatic rings. The fraction of sp³-hybridized carbons (Fsp3) is 0.300. The van der Waals surface area contributed by atoms with Gasteiger partial charge in [-0.15, -0.1) is 0 Å². The molecule has 0 aliphatic heterocycles. The molecule has 0 N–H and O–H groups in total. The molecule has 4 heteroatoms. The molecular formula is C10H12NO3-. The Hall–Kier alpha value is -1.71. The highest BCUT2D eigenvalue weighted by atomic mass is 16.5. The SMILES string of the molecule is CCN(C(=O)[O-])c1ccc(OC)cc1. The number of rotatable bonds is 3. The van der Waals surface area contributed by atoms with Crippen LogP contribution in [-0.4, -0.2) is 19.7 Å². The van der Waals surface area contributed by atoms with Crippen LogP contribution in [-0.2, 0) is 0 Å². The lowest BCUT2D eigenvalue weighted by Crippen LogP contribution is -2.41. The van der Waals surface area contributed by atoms with E-state index in [1.54, 1.807) is 38.3 Å². The lowest BCUT2D eigenvalue weighted by molar-refractivity contribution is -0.246. The van der Waals surface area contributed by atoms with Crippen LogP contribution in [0.3, 0.4) is 0 Å². The first-order valence-corrected chi connectivity index (χ1v) is 4.31. The monoisotopic (exact) mass is 194 g/mol. The van der Waals surface area contributed by atoms with Crippen LogP contribution in [0.5, 0.6) is 5.75 Å². The fourth-order valence-corrected chi connectivity index (χ4v) is 1.18. The van der Waals surface area contributed by atoms with Gasteiger partial charge in [-0.2, -0.15) is 0 Å². The van der Waals surface area contributed by atoms with Crippen molar-refractivity contribution in [1.82, 2.24) is 0 Å². The number of carbonyl (C=O) groups is 1. The number of benzene rings is 1. The van der Waals surface area contributed by atoms with Gasteiger partial charge in [0.1, 0.15) is 11.8 Å². The molecule has 0 aliphatic carbocycles. The molecule has 0 heterocycles. The summed E-state index contributed by atoms with van der Waals surface area (Å²) in [6.07, 6.45) is -1.20. The highest BCUT2D eigenvalue weighted by Crippen LogP contribution is 2.18. The molecule has 76 valence electrons. The van der Waals surface area contributed by atoms with Crippen LogP contribution in [0.15, 0.2) is 24.3 Å². The molecule has 0 radical (unpaired) electrons. The second-order valence-electron chi connectivity index (χ2n) is 2.71. The summed E-state index contributed by atoms with van der Waals surface area (Å²) in [5.41, 5.74) is 0.591. The predicted molar refractivity (Wildman–Crippen MR) is 51.4 cm³/mol. The number of carboxylic acid groups (broad SMARTS) is 1. The lowest BCUT2D eigenvalue weighted by Gasteiger charge is -2.23. The van der Waals surface area contributed by atoms with Crippen molar-refractivity contribution >= 4 is 11.8 Å². The third-order valence-electron chi connectivity index (χ3n) is 1.92. The van der Waals surface area contributed by atoms with Gasteiger partial charge in [0.2, 0.25) is 0 Å². The Morgan fingerprint density at radius 1 is 1.43 bits per heavy atom. The van der Waals surface area contributed by atoms with Crippen molar-refractivity contribution in [3.05, 3.63) is 24.3 Å². The number of ether oxygens (including phenoxy) is 1. The molecule has 4 nitrogen and oxygen atoms in total. The van der Waals surface area contributed by atoms with Gasteiger partial charge in [-0.3, -0.25) is 0 Å². The van der Waals surface area contributed by atoms with Gasteiger partial charge in [-0.25, -0.2) is 0 Å². The number of anilines is 1. The van der Waals surface area contributed by atoms with Crippen LogP contribution < -0.4 is 14.7 Å². The molecule has 0 fully saturated rings. The summed E-state index contributed by atoms with van der Waals surface area (Å²) in [6.45, 7) is 2.12. The van der Waals surface area contributed by atoms with Crippen molar-refractivity contribution in [2.75, 3.05) is 18.6 Å². The molecule has 0 saturated heterocycles. The smallest absolute Gasteiger partial charge is 0.141 e. The fourth-order valence-electron chi connectivity index (χ4n) is 1.18. The summed E-state index contributed by atoms with van der Waals surface area (Å²) in [7, 11) is 1.56. The summed E-state index contributed by atoms with van der Waals surface area (Å²) in [6, 6.07) is 6.78. The molecule has 0 spiro atoms. The highest BCUT2D eigenvalue weighted by molar-refractivity contribution is 5.84. The molecule has 0 unspecified atom stereocenters. The van der Waals surface area contributed by atoms with Crippen LogP contribution in [0.1, 0.15) is 6.92 Å². The zero-order valence-corrected chi connectivity index (χ0v) is 8.19. The Morgan fingerprint density at radius 2 is 2.00 bits per heavy atom. The summed E-state index contributed by atoms with van der Waals surface area (Å²) < 4.78 is 4.96. The van der Waals surface area contributed by atoms with Crippen LogP contribution in [0, 0.1) is 0 Å². The molecule has 0 aliphatic rings. The van der Waals surface area contributed by atoms with Gasteiger partial charge in [0.15, 0.2) is 0 Å². The standard InChI is InChI=1S/C10H13NO3/c1-3-11(10(12)13)8-4-6-9(14-2)7-5-8/h4-7H,3H2,1-2H3,(H,12,13)/p-1. The number of carbonyl (C=O) groups excluding carboxylic acids is 1. The zero-order valence-electron chi connectivity index (χ0n) is 8.19. The number of hydrogen-bond donors (Lipinski definition) is 0. The number of methoxy groups -OCH3 is 1. The maximum atomic E-state index is 10.7. The number of amides is 1. The molecule has 0 atom stereocenters. The van der Waals surface area contributed by atoms with Crippen molar-refractivity contribution in [1.29, 1.82) is 0 Å². The molecular weight excluding hydrogens is 182 g/mol. The third kappa shape index (κ3) is 2.16. The van der Waals surface area contributed by atoms with E-state index >= 15 is 0 Å². The number of nitrogens with zero attached hydrogens (tertiary/aromatic N) is 1. The molecule has 1 rings (SSSR count). The minimum absolute atomic E-state index is 0.370. The Balaban J connectivity index is 2.89. The summed E-state index contributed by atoms with van der Waals surface area (Å²) in [4.78, 5) is 11.8. The van der Waals surface area contributed by atoms with E-state index in [9.17, 15) is 9.90 Å². The first-order chi connectivity index (χ1) is 6.69. The largest absolute Gasteiger partial charge is 0.530 e. The van der Waals surface area contributed by atoms with Gasteiger partial charge in [0.05, 0.1) is 7.11 Å². The summed E-state index contributed by atoms with van der Waals surface area (Å²) in [5, 5.41) is 10.7. The van der Waals surface area contributed by atoms with Gasteiger partial charge in [-0.1, -0.05) is 0 Å². The van der Waals surface area contributed by atoms with E-state index in [2.05, 4.69) is 0 Å². The maximum Gasteiger partial charge on any atom is 0.141 e. The van der Waals surface area contributed by atoms with Crippen molar-refractivity contribution in [2.24, 2.45) is 0 Å².